The van der Waals surface area contributed by atoms with E-state index in [0.29, 0.717) is 34.6 Å². The fraction of sp³-hybridized carbons (Fsp3) is 0.588. The summed E-state index contributed by atoms with van der Waals surface area (Å²) >= 11 is 6.27. The zero-order valence-corrected chi connectivity index (χ0v) is 14.7. The van der Waals surface area contributed by atoms with Gasteiger partial charge in [-0.2, -0.15) is 0 Å². The number of halogens is 1. The van der Waals surface area contributed by atoms with Crippen LogP contribution in [0.15, 0.2) is 12.1 Å². The molecule has 2 N–H and O–H groups in total. The van der Waals surface area contributed by atoms with Crippen LogP contribution in [0.1, 0.15) is 37.0 Å². The van der Waals surface area contributed by atoms with Crippen LogP contribution >= 0.6 is 11.6 Å². The van der Waals surface area contributed by atoms with Crippen LogP contribution < -0.4 is 20.1 Å². The van der Waals surface area contributed by atoms with Gasteiger partial charge in [0.2, 0.25) is 0 Å². The van der Waals surface area contributed by atoms with Crippen molar-refractivity contribution in [3.05, 3.63) is 22.7 Å². The first kappa shape index (κ1) is 17.9. The third-order valence-electron chi connectivity index (χ3n) is 4.09. The molecule has 1 aliphatic heterocycles. The molecule has 1 saturated heterocycles. The third kappa shape index (κ3) is 4.52. The van der Waals surface area contributed by atoms with Crippen LogP contribution in [0, 0.1) is 5.92 Å². The van der Waals surface area contributed by atoms with Crippen molar-refractivity contribution in [3.8, 4) is 11.5 Å². The second-order valence-corrected chi connectivity index (χ2v) is 6.30. The lowest BCUT2D eigenvalue weighted by Gasteiger charge is -2.30. The standard InChI is InChI=1S/C17H25ClN2O3/c1-4-7-23-16-13(18)8-12(9-15(16)22-3)17(21)20-14-10-19-6-5-11(14)2/h8-9,11,14,19H,4-7,10H2,1-3H3,(H,20,21). The maximum atomic E-state index is 12.5. The molecule has 2 atom stereocenters. The van der Waals surface area contributed by atoms with Crippen molar-refractivity contribution in [1.82, 2.24) is 10.6 Å². The van der Waals surface area contributed by atoms with Crippen LogP contribution in [0.2, 0.25) is 5.02 Å². The lowest BCUT2D eigenvalue weighted by Crippen LogP contribution is -2.50. The summed E-state index contributed by atoms with van der Waals surface area (Å²) in [6.45, 7) is 6.50. The van der Waals surface area contributed by atoms with Crippen molar-refractivity contribution >= 4 is 17.5 Å². The Balaban J connectivity index is 2.15. The molecule has 0 radical (unpaired) electrons. The number of rotatable bonds is 6. The molecule has 1 aromatic rings. The van der Waals surface area contributed by atoms with Gasteiger partial charge in [-0.3, -0.25) is 4.79 Å². The Kier molecular flexibility index (Phi) is 6.54. The molecule has 0 aromatic heterocycles. The number of carbonyl (C=O) groups is 1. The number of hydrogen-bond donors (Lipinski definition) is 2. The van der Waals surface area contributed by atoms with E-state index in [2.05, 4.69) is 17.6 Å². The Bertz CT molecular complexity index is 551. The first-order valence-corrected chi connectivity index (χ1v) is 8.46. The molecule has 0 aliphatic carbocycles. The van der Waals surface area contributed by atoms with Crippen molar-refractivity contribution in [2.75, 3.05) is 26.8 Å². The molecule has 23 heavy (non-hydrogen) atoms. The minimum absolute atomic E-state index is 0.122. The van der Waals surface area contributed by atoms with Crippen LogP contribution in [-0.4, -0.2) is 38.8 Å². The molecule has 0 saturated carbocycles. The lowest BCUT2D eigenvalue weighted by atomic mass is 9.94. The zero-order chi connectivity index (χ0) is 16.8. The number of piperidine rings is 1. The topological polar surface area (TPSA) is 59.6 Å². The fourth-order valence-corrected chi connectivity index (χ4v) is 2.90. The molecule has 1 amide bonds. The summed E-state index contributed by atoms with van der Waals surface area (Å²) in [6, 6.07) is 3.43. The SMILES string of the molecule is CCCOc1c(Cl)cc(C(=O)NC2CNCCC2C)cc1OC. The van der Waals surface area contributed by atoms with Crippen LogP contribution in [0.3, 0.4) is 0 Å². The van der Waals surface area contributed by atoms with E-state index in [1.54, 1.807) is 19.2 Å². The van der Waals surface area contributed by atoms with E-state index >= 15 is 0 Å². The molecule has 5 nitrogen and oxygen atoms in total. The molecule has 0 spiro atoms. The average Bonchev–Trinajstić information content (AvgIpc) is 2.55. The summed E-state index contributed by atoms with van der Waals surface area (Å²) in [5, 5.41) is 6.76. The first-order valence-electron chi connectivity index (χ1n) is 8.08. The predicted octanol–water partition coefficient (Wildman–Crippen LogP) is 2.87. The number of methoxy groups -OCH3 is 1. The number of amides is 1. The van der Waals surface area contributed by atoms with Crippen molar-refractivity contribution in [2.45, 2.75) is 32.7 Å². The quantitative estimate of drug-likeness (QED) is 0.836. The number of carbonyl (C=O) groups excluding carboxylic acids is 1. The van der Waals surface area contributed by atoms with E-state index in [1.165, 1.54) is 0 Å². The summed E-state index contributed by atoms with van der Waals surface area (Å²) in [6.07, 6.45) is 1.92. The molecule has 1 fully saturated rings. The molecule has 2 unspecified atom stereocenters. The van der Waals surface area contributed by atoms with Crippen molar-refractivity contribution < 1.29 is 14.3 Å². The molecular weight excluding hydrogens is 316 g/mol. The second kappa shape index (κ2) is 8.41. The summed E-state index contributed by atoms with van der Waals surface area (Å²) in [5.41, 5.74) is 0.480. The Labute approximate surface area is 142 Å². The van der Waals surface area contributed by atoms with E-state index in [0.717, 1.165) is 25.9 Å². The highest BCUT2D eigenvalue weighted by Crippen LogP contribution is 2.36. The Morgan fingerprint density at radius 1 is 1.48 bits per heavy atom. The smallest absolute Gasteiger partial charge is 0.251 e. The van der Waals surface area contributed by atoms with Gasteiger partial charge in [-0.15, -0.1) is 0 Å². The maximum absolute atomic E-state index is 12.5. The highest BCUT2D eigenvalue weighted by atomic mass is 35.5. The van der Waals surface area contributed by atoms with Crippen LogP contribution in [0.4, 0.5) is 0 Å². The normalized spacial score (nSPS) is 20.9. The second-order valence-electron chi connectivity index (χ2n) is 5.89. The highest BCUT2D eigenvalue weighted by molar-refractivity contribution is 6.32. The monoisotopic (exact) mass is 340 g/mol. The molecule has 1 aromatic carbocycles. The average molecular weight is 341 g/mol. The summed E-state index contributed by atoms with van der Waals surface area (Å²) in [7, 11) is 1.54. The zero-order valence-electron chi connectivity index (χ0n) is 13.9. The molecule has 6 heteroatoms. The molecule has 0 bridgehead atoms. The van der Waals surface area contributed by atoms with E-state index in [4.69, 9.17) is 21.1 Å². The Morgan fingerprint density at radius 3 is 2.91 bits per heavy atom. The minimum atomic E-state index is -0.146. The van der Waals surface area contributed by atoms with Gasteiger partial charge in [0.05, 0.1) is 18.7 Å². The van der Waals surface area contributed by atoms with Gasteiger partial charge in [0.1, 0.15) is 0 Å². The van der Waals surface area contributed by atoms with Gasteiger partial charge in [0, 0.05) is 18.2 Å². The van der Waals surface area contributed by atoms with E-state index in [1.807, 2.05) is 6.92 Å². The number of nitrogens with one attached hydrogen (secondary N) is 2. The Hall–Kier alpha value is -1.46. The largest absolute Gasteiger partial charge is 0.493 e. The summed E-state index contributed by atoms with van der Waals surface area (Å²) < 4.78 is 10.9. The number of ether oxygens (including phenoxy) is 2. The van der Waals surface area contributed by atoms with Gasteiger partial charge < -0.3 is 20.1 Å². The summed E-state index contributed by atoms with van der Waals surface area (Å²) in [4.78, 5) is 12.5. The number of benzene rings is 1. The van der Waals surface area contributed by atoms with Gasteiger partial charge in [-0.05, 0) is 37.4 Å². The molecular formula is C17H25ClN2O3. The Morgan fingerprint density at radius 2 is 2.26 bits per heavy atom. The molecule has 2 rings (SSSR count). The third-order valence-corrected chi connectivity index (χ3v) is 4.37. The number of hydrogen-bond acceptors (Lipinski definition) is 4. The van der Waals surface area contributed by atoms with E-state index in [-0.39, 0.29) is 11.9 Å². The van der Waals surface area contributed by atoms with Crippen molar-refractivity contribution in [3.63, 3.8) is 0 Å². The predicted molar refractivity (Wildman–Crippen MR) is 91.7 cm³/mol. The lowest BCUT2D eigenvalue weighted by molar-refractivity contribution is 0.0915. The van der Waals surface area contributed by atoms with Gasteiger partial charge in [0.15, 0.2) is 11.5 Å². The van der Waals surface area contributed by atoms with Crippen LogP contribution in [0.25, 0.3) is 0 Å². The van der Waals surface area contributed by atoms with Crippen molar-refractivity contribution in [2.24, 2.45) is 5.92 Å². The van der Waals surface area contributed by atoms with Crippen LogP contribution in [-0.2, 0) is 0 Å². The molecule has 128 valence electrons. The molecule has 1 aliphatic rings. The van der Waals surface area contributed by atoms with E-state index < -0.39 is 0 Å². The van der Waals surface area contributed by atoms with Gasteiger partial charge >= 0.3 is 0 Å². The van der Waals surface area contributed by atoms with Gasteiger partial charge in [-0.1, -0.05) is 25.4 Å². The van der Waals surface area contributed by atoms with E-state index in [9.17, 15) is 4.79 Å². The van der Waals surface area contributed by atoms with Gasteiger partial charge in [0.25, 0.3) is 5.91 Å². The first-order chi connectivity index (χ1) is 11.1. The fourth-order valence-electron chi connectivity index (χ4n) is 2.63. The van der Waals surface area contributed by atoms with Gasteiger partial charge in [-0.25, -0.2) is 0 Å². The van der Waals surface area contributed by atoms with Crippen molar-refractivity contribution in [1.29, 1.82) is 0 Å². The minimum Gasteiger partial charge on any atom is -0.493 e. The highest BCUT2D eigenvalue weighted by Gasteiger charge is 2.24. The molecule has 1 heterocycles. The summed E-state index contributed by atoms with van der Waals surface area (Å²) in [5.74, 6) is 1.27. The van der Waals surface area contributed by atoms with Crippen LogP contribution in [0.5, 0.6) is 11.5 Å². The maximum Gasteiger partial charge on any atom is 0.251 e.